The first-order valence-corrected chi connectivity index (χ1v) is 11.8. The zero-order valence-corrected chi connectivity index (χ0v) is 18.0. The third-order valence-corrected chi connectivity index (χ3v) is 7.58. The van der Waals surface area contributed by atoms with Crippen molar-refractivity contribution in [2.45, 2.75) is 45.6 Å². The number of nitrogens with zero attached hydrogens (tertiary/aromatic N) is 1. The molecular weight excluding hydrogens is 368 g/mol. The minimum absolute atomic E-state index is 0.0411. The third-order valence-electron chi connectivity index (χ3n) is 6.08. The topological polar surface area (TPSA) is 49.4 Å². The minimum Gasteiger partial charge on any atom is -0.299 e. The van der Waals surface area contributed by atoms with Gasteiger partial charge in [0.25, 0.3) is 0 Å². The summed E-state index contributed by atoms with van der Waals surface area (Å²) in [6.45, 7) is 9.57. The van der Waals surface area contributed by atoms with Crippen molar-refractivity contribution in [3.63, 3.8) is 0 Å². The Kier molecular flexibility index (Phi) is 6.46. The van der Waals surface area contributed by atoms with Crippen molar-refractivity contribution in [2.24, 2.45) is 5.92 Å². The summed E-state index contributed by atoms with van der Waals surface area (Å²) in [6, 6.07) is 18.6. The van der Waals surface area contributed by atoms with Crippen LogP contribution in [0.15, 0.2) is 54.6 Å². The summed E-state index contributed by atoms with van der Waals surface area (Å²) < 4.78 is 27.0. The summed E-state index contributed by atoms with van der Waals surface area (Å²) in [5, 5.41) is 0. The van der Waals surface area contributed by atoms with Gasteiger partial charge in [0.05, 0.1) is 5.75 Å². The quantitative estimate of drug-likeness (QED) is 0.737. The Labute approximate surface area is 170 Å². The molecule has 0 saturated carbocycles. The molecule has 0 aromatic heterocycles. The Hall–Kier alpha value is -1.85. The van der Waals surface area contributed by atoms with Crippen LogP contribution in [0.5, 0.6) is 0 Å². The third kappa shape index (κ3) is 4.95. The molecule has 0 amide bonds. The molecule has 0 bridgehead atoms. The van der Waals surface area contributed by atoms with Crippen molar-refractivity contribution in [3.05, 3.63) is 65.7 Å². The number of piperidine rings is 1. The van der Waals surface area contributed by atoms with Crippen LogP contribution in [0.3, 0.4) is 0 Å². The van der Waals surface area contributed by atoms with Gasteiger partial charge in [-0.3, -0.25) is 9.62 Å². The van der Waals surface area contributed by atoms with Crippen molar-refractivity contribution in [3.8, 4) is 0 Å². The fourth-order valence-electron chi connectivity index (χ4n) is 4.17. The van der Waals surface area contributed by atoms with E-state index in [-0.39, 0.29) is 11.2 Å². The number of nitrogens with one attached hydrogen (secondary N) is 1. The molecule has 0 spiro atoms. The number of sulfonamides is 1. The van der Waals surface area contributed by atoms with Gasteiger partial charge in [0.1, 0.15) is 0 Å². The SMILES string of the molecule is CCCS(=O)(=O)Nc1cccc(C2(C)CCN(Cc3ccccc3)CC2C)c1. The summed E-state index contributed by atoms with van der Waals surface area (Å²) in [7, 11) is -3.27. The van der Waals surface area contributed by atoms with E-state index in [9.17, 15) is 8.42 Å². The molecule has 1 heterocycles. The fraction of sp³-hybridized carbons (Fsp3) is 0.478. The number of rotatable bonds is 7. The van der Waals surface area contributed by atoms with Gasteiger partial charge in [-0.1, -0.05) is 63.2 Å². The number of anilines is 1. The lowest BCUT2D eigenvalue weighted by Gasteiger charge is -2.45. The predicted octanol–water partition coefficient (Wildman–Crippen LogP) is 4.64. The molecule has 1 N–H and O–H groups in total. The average molecular weight is 401 g/mol. The van der Waals surface area contributed by atoms with Gasteiger partial charge in [0, 0.05) is 18.8 Å². The van der Waals surface area contributed by atoms with E-state index in [4.69, 9.17) is 0 Å². The first-order chi connectivity index (χ1) is 13.3. The maximum Gasteiger partial charge on any atom is 0.232 e. The highest BCUT2D eigenvalue weighted by Gasteiger charge is 2.38. The molecule has 2 unspecified atom stereocenters. The number of hydrogen-bond donors (Lipinski definition) is 1. The van der Waals surface area contributed by atoms with Gasteiger partial charge in [-0.05, 0) is 54.0 Å². The van der Waals surface area contributed by atoms with E-state index in [1.807, 2.05) is 25.1 Å². The molecule has 5 heteroatoms. The lowest BCUT2D eigenvalue weighted by molar-refractivity contribution is 0.105. The summed E-state index contributed by atoms with van der Waals surface area (Å²) >= 11 is 0. The first-order valence-electron chi connectivity index (χ1n) is 10.2. The maximum atomic E-state index is 12.1. The standard InChI is InChI=1S/C23H32N2O2S/c1-4-15-28(26,27)24-22-12-8-11-21(16-22)23(3)13-14-25(17-19(23)2)18-20-9-6-5-7-10-20/h5-12,16,19,24H,4,13-15,17-18H2,1-3H3. The fourth-order valence-corrected chi connectivity index (χ4v) is 5.29. The van der Waals surface area contributed by atoms with Gasteiger partial charge in [-0.15, -0.1) is 0 Å². The van der Waals surface area contributed by atoms with Crippen LogP contribution in [-0.4, -0.2) is 32.2 Å². The monoisotopic (exact) mass is 400 g/mol. The summed E-state index contributed by atoms with van der Waals surface area (Å²) in [6.07, 6.45) is 1.67. The van der Waals surface area contributed by atoms with E-state index in [1.165, 1.54) is 11.1 Å². The van der Waals surface area contributed by atoms with E-state index in [0.29, 0.717) is 18.0 Å². The van der Waals surface area contributed by atoms with E-state index >= 15 is 0 Å². The molecule has 1 aliphatic rings. The van der Waals surface area contributed by atoms with Gasteiger partial charge in [-0.2, -0.15) is 0 Å². The van der Waals surface area contributed by atoms with Gasteiger partial charge >= 0.3 is 0 Å². The molecule has 1 aliphatic heterocycles. The lowest BCUT2D eigenvalue weighted by Crippen LogP contribution is -2.46. The van der Waals surface area contributed by atoms with Crippen LogP contribution in [0.4, 0.5) is 5.69 Å². The van der Waals surface area contributed by atoms with Crippen molar-refractivity contribution in [1.29, 1.82) is 0 Å². The van der Waals surface area contributed by atoms with Crippen LogP contribution in [0.1, 0.15) is 44.7 Å². The van der Waals surface area contributed by atoms with E-state index in [2.05, 4.69) is 59.9 Å². The molecule has 1 saturated heterocycles. The minimum atomic E-state index is -3.27. The molecule has 28 heavy (non-hydrogen) atoms. The summed E-state index contributed by atoms with van der Waals surface area (Å²) in [5.41, 5.74) is 3.28. The molecule has 2 atom stereocenters. The Bertz CT molecular complexity index is 882. The number of likely N-dealkylation sites (tertiary alicyclic amines) is 1. The highest BCUT2D eigenvalue weighted by molar-refractivity contribution is 7.92. The molecule has 2 aromatic carbocycles. The van der Waals surface area contributed by atoms with Crippen LogP contribution in [0.25, 0.3) is 0 Å². The molecule has 4 nitrogen and oxygen atoms in total. The lowest BCUT2D eigenvalue weighted by atomic mass is 9.68. The Morgan fingerprint density at radius 3 is 2.57 bits per heavy atom. The number of hydrogen-bond acceptors (Lipinski definition) is 3. The summed E-state index contributed by atoms with van der Waals surface area (Å²) in [5.74, 6) is 0.631. The highest BCUT2D eigenvalue weighted by Crippen LogP contribution is 2.40. The van der Waals surface area contributed by atoms with Crippen LogP contribution in [0.2, 0.25) is 0 Å². The smallest absolute Gasteiger partial charge is 0.232 e. The molecule has 2 aromatic rings. The molecule has 152 valence electrons. The van der Waals surface area contributed by atoms with E-state index < -0.39 is 10.0 Å². The largest absolute Gasteiger partial charge is 0.299 e. The zero-order valence-electron chi connectivity index (χ0n) is 17.2. The van der Waals surface area contributed by atoms with E-state index in [0.717, 1.165) is 26.1 Å². The van der Waals surface area contributed by atoms with Crippen molar-refractivity contribution in [1.82, 2.24) is 4.90 Å². The van der Waals surface area contributed by atoms with Crippen molar-refractivity contribution >= 4 is 15.7 Å². The highest BCUT2D eigenvalue weighted by atomic mass is 32.2. The van der Waals surface area contributed by atoms with Crippen molar-refractivity contribution in [2.75, 3.05) is 23.6 Å². The molecular formula is C23H32N2O2S. The van der Waals surface area contributed by atoms with Crippen LogP contribution in [-0.2, 0) is 22.0 Å². The normalized spacial score (nSPS) is 23.5. The van der Waals surface area contributed by atoms with Gasteiger partial charge in [-0.25, -0.2) is 8.42 Å². The van der Waals surface area contributed by atoms with Crippen LogP contribution in [0, 0.1) is 5.92 Å². The molecule has 1 fully saturated rings. The van der Waals surface area contributed by atoms with Crippen LogP contribution < -0.4 is 4.72 Å². The van der Waals surface area contributed by atoms with Crippen molar-refractivity contribution < 1.29 is 8.42 Å². The van der Waals surface area contributed by atoms with E-state index in [1.54, 1.807) is 0 Å². The zero-order chi connectivity index (χ0) is 20.2. The molecule has 0 aliphatic carbocycles. The number of benzene rings is 2. The second kappa shape index (κ2) is 8.66. The Morgan fingerprint density at radius 2 is 1.89 bits per heavy atom. The summed E-state index contributed by atoms with van der Waals surface area (Å²) in [4.78, 5) is 2.52. The Balaban J connectivity index is 1.72. The second-order valence-corrected chi connectivity index (χ2v) is 10.1. The van der Waals surface area contributed by atoms with Gasteiger partial charge < -0.3 is 0 Å². The first kappa shape index (κ1) is 20.9. The predicted molar refractivity (Wildman–Crippen MR) is 117 cm³/mol. The average Bonchev–Trinajstić information content (AvgIpc) is 2.65. The Morgan fingerprint density at radius 1 is 1.14 bits per heavy atom. The van der Waals surface area contributed by atoms with Gasteiger partial charge in [0.2, 0.25) is 10.0 Å². The second-order valence-electron chi connectivity index (χ2n) is 8.29. The maximum absolute atomic E-state index is 12.1. The molecule has 3 rings (SSSR count). The molecule has 0 radical (unpaired) electrons. The van der Waals surface area contributed by atoms with Crippen LogP contribution >= 0.6 is 0 Å². The van der Waals surface area contributed by atoms with Gasteiger partial charge in [0.15, 0.2) is 0 Å².